The van der Waals surface area contributed by atoms with Crippen LogP contribution < -0.4 is 0 Å². The van der Waals surface area contributed by atoms with E-state index < -0.39 is 0 Å². The quantitative estimate of drug-likeness (QED) is 0.0494. The molecule has 2 heteroatoms. The summed E-state index contributed by atoms with van der Waals surface area (Å²) in [6.45, 7) is 17.8. The second-order valence-electron chi connectivity index (χ2n) is 14.2. The molecule has 0 radical (unpaired) electrons. The van der Waals surface area contributed by atoms with Gasteiger partial charge in [0.05, 0.1) is 6.61 Å². The van der Waals surface area contributed by atoms with Crippen LogP contribution in [0, 0.1) is 23.7 Å². The van der Waals surface area contributed by atoms with Crippen LogP contribution >= 0.6 is 0 Å². The van der Waals surface area contributed by atoms with Gasteiger partial charge in [-0.25, -0.2) is 4.79 Å². The normalized spacial score (nSPS) is 13.2. The van der Waals surface area contributed by atoms with E-state index in [9.17, 15) is 4.79 Å². The van der Waals surface area contributed by atoms with Crippen LogP contribution in [0.5, 0.6) is 0 Å². The summed E-state index contributed by atoms with van der Waals surface area (Å²) in [6, 6.07) is 0. The Morgan fingerprint density at radius 2 is 0.825 bits per heavy atom. The first-order valence-electron chi connectivity index (χ1n) is 18.0. The molecule has 0 N–H and O–H groups in total. The number of rotatable bonds is 30. The van der Waals surface area contributed by atoms with Crippen molar-refractivity contribution in [2.45, 2.75) is 196 Å². The predicted molar refractivity (Wildman–Crippen MR) is 179 cm³/mol. The number of hydrogen-bond acceptors (Lipinski definition) is 2. The first-order valence-corrected chi connectivity index (χ1v) is 18.0. The fraction of sp³-hybridized carbons (Fsp3) is 0.921. The van der Waals surface area contributed by atoms with Crippen LogP contribution in [0.1, 0.15) is 196 Å². The molecule has 0 aromatic rings. The maximum atomic E-state index is 12.0. The van der Waals surface area contributed by atoms with Gasteiger partial charge in [0.1, 0.15) is 0 Å². The predicted octanol–water partition coefficient (Wildman–Crippen LogP) is 13.0. The molecule has 0 spiro atoms. The first-order chi connectivity index (χ1) is 19.2. The van der Waals surface area contributed by atoms with Gasteiger partial charge in [-0.2, -0.15) is 0 Å². The SMILES string of the molecule is C=C(C)C(=O)OCC(CCCCCCCCCCCCCCC(C)C)CCCC(C)CCCCCCCC(C)C. The molecule has 0 fully saturated rings. The monoisotopic (exact) mass is 563 g/mol. The van der Waals surface area contributed by atoms with Gasteiger partial charge in [0, 0.05) is 5.57 Å². The van der Waals surface area contributed by atoms with E-state index in [-0.39, 0.29) is 5.97 Å². The molecule has 0 amide bonds. The number of carbonyl (C=O) groups excluding carboxylic acids is 1. The average molecular weight is 563 g/mol. The highest BCUT2D eigenvalue weighted by atomic mass is 16.5. The lowest BCUT2D eigenvalue weighted by atomic mass is 9.91. The lowest BCUT2D eigenvalue weighted by molar-refractivity contribution is -0.140. The van der Waals surface area contributed by atoms with Gasteiger partial charge >= 0.3 is 5.97 Å². The van der Waals surface area contributed by atoms with Crippen LogP contribution in [0.2, 0.25) is 0 Å². The van der Waals surface area contributed by atoms with E-state index in [0.29, 0.717) is 18.1 Å². The summed E-state index contributed by atoms with van der Waals surface area (Å²) in [5.41, 5.74) is 0.516. The van der Waals surface area contributed by atoms with Gasteiger partial charge in [0.2, 0.25) is 0 Å². The minimum absolute atomic E-state index is 0.220. The van der Waals surface area contributed by atoms with Crippen molar-refractivity contribution in [3.63, 3.8) is 0 Å². The fourth-order valence-corrected chi connectivity index (χ4v) is 5.86. The van der Waals surface area contributed by atoms with E-state index in [0.717, 1.165) is 17.8 Å². The Bertz CT molecular complexity index is 564. The van der Waals surface area contributed by atoms with Gasteiger partial charge in [-0.1, -0.05) is 182 Å². The van der Waals surface area contributed by atoms with Crippen molar-refractivity contribution < 1.29 is 9.53 Å². The summed E-state index contributed by atoms with van der Waals surface area (Å²) in [6.07, 6.45) is 32.9. The highest BCUT2D eigenvalue weighted by Gasteiger charge is 2.13. The first kappa shape index (κ1) is 39.2. The molecule has 40 heavy (non-hydrogen) atoms. The van der Waals surface area contributed by atoms with Crippen LogP contribution in [0.15, 0.2) is 12.2 Å². The standard InChI is InChI=1S/C38H74O2/c1-33(2)26-21-17-14-12-10-8-9-11-13-15-20-24-30-37(32-40-38(39)35(5)6)31-25-29-36(7)28-23-19-16-18-22-27-34(3)4/h33-34,36-37H,5,8-32H2,1-4,6-7H3. The van der Waals surface area contributed by atoms with Crippen LogP contribution in [0.3, 0.4) is 0 Å². The van der Waals surface area contributed by atoms with Gasteiger partial charge in [0.25, 0.3) is 0 Å². The van der Waals surface area contributed by atoms with E-state index in [1.165, 1.54) is 154 Å². The number of esters is 1. The summed E-state index contributed by atoms with van der Waals surface area (Å²) in [5, 5.41) is 0. The minimum Gasteiger partial charge on any atom is -0.462 e. The van der Waals surface area contributed by atoms with Crippen LogP contribution in [0.25, 0.3) is 0 Å². The Morgan fingerprint density at radius 1 is 0.500 bits per heavy atom. The Labute approximate surface area is 253 Å². The van der Waals surface area contributed by atoms with Crippen molar-refractivity contribution in [3.8, 4) is 0 Å². The molecule has 0 aromatic carbocycles. The lowest BCUT2D eigenvalue weighted by Crippen LogP contribution is -2.15. The molecule has 0 aromatic heterocycles. The molecule has 0 aliphatic rings. The molecular weight excluding hydrogens is 488 g/mol. The van der Waals surface area contributed by atoms with Gasteiger partial charge < -0.3 is 4.74 Å². The van der Waals surface area contributed by atoms with Gasteiger partial charge in [-0.3, -0.25) is 0 Å². The van der Waals surface area contributed by atoms with Gasteiger partial charge in [-0.15, -0.1) is 0 Å². The van der Waals surface area contributed by atoms with Crippen molar-refractivity contribution in [3.05, 3.63) is 12.2 Å². The molecule has 238 valence electrons. The van der Waals surface area contributed by atoms with Crippen molar-refractivity contribution in [2.24, 2.45) is 23.7 Å². The molecular formula is C38H74O2. The highest BCUT2D eigenvalue weighted by molar-refractivity contribution is 5.86. The maximum absolute atomic E-state index is 12.0. The Hall–Kier alpha value is -0.790. The topological polar surface area (TPSA) is 26.3 Å². The van der Waals surface area contributed by atoms with E-state index in [2.05, 4.69) is 41.2 Å². The third-order valence-electron chi connectivity index (χ3n) is 8.73. The van der Waals surface area contributed by atoms with Crippen molar-refractivity contribution in [1.29, 1.82) is 0 Å². The zero-order valence-electron chi connectivity index (χ0n) is 28.5. The third kappa shape index (κ3) is 28.7. The molecule has 2 unspecified atom stereocenters. The van der Waals surface area contributed by atoms with E-state index in [1.807, 2.05) is 0 Å². The minimum atomic E-state index is -0.220. The molecule has 0 bridgehead atoms. The molecule has 0 saturated heterocycles. The lowest BCUT2D eigenvalue weighted by Gasteiger charge is -2.18. The zero-order valence-corrected chi connectivity index (χ0v) is 28.5. The summed E-state index contributed by atoms with van der Waals surface area (Å²) in [7, 11) is 0. The number of ether oxygens (including phenoxy) is 1. The van der Waals surface area contributed by atoms with Crippen LogP contribution in [0.4, 0.5) is 0 Å². The number of unbranched alkanes of at least 4 members (excludes halogenated alkanes) is 15. The number of carbonyl (C=O) groups is 1. The smallest absolute Gasteiger partial charge is 0.333 e. The van der Waals surface area contributed by atoms with Crippen molar-refractivity contribution in [2.75, 3.05) is 6.61 Å². The average Bonchev–Trinajstić information content (AvgIpc) is 2.90. The molecule has 0 aliphatic carbocycles. The van der Waals surface area contributed by atoms with E-state index in [1.54, 1.807) is 6.92 Å². The summed E-state index contributed by atoms with van der Waals surface area (Å²) in [5.74, 6) is 2.83. The zero-order chi connectivity index (χ0) is 29.8. The second-order valence-corrected chi connectivity index (χ2v) is 14.2. The van der Waals surface area contributed by atoms with Crippen LogP contribution in [-0.2, 0) is 9.53 Å². The fourth-order valence-electron chi connectivity index (χ4n) is 5.86. The summed E-state index contributed by atoms with van der Waals surface area (Å²) in [4.78, 5) is 12.0. The second kappa shape index (κ2) is 28.3. The molecule has 0 saturated carbocycles. The molecule has 0 heterocycles. The molecule has 0 aliphatic heterocycles. The molecule has 2 atom stereocenters. The van der Waals surface area contributed by atoms with Crippen LogP contribution in [-0.4, -0.2) is 12.6 Å². The molecule has 0 rings (SSSR count). The van der Waals surface area contributed by atoms with E-state index >= 15 is 0 Å². The maximum Gasteiger partial charge on any atom is 0.333 e. The molecule has 2 nitrogen and oxygen atoms in total. The van der Waals surface area contributed by atoms with Crippen molar-refractivity contribution in [1.82, 2.24) is 0 Å². The van der Waals surface area contributed by atoms with Gasteiger partial charge in [-0.05, 0) is 43.4 Å². The summed E-state index contributed by atoms with van der Waals surface area (Å²) >= 11 is 0. The van der Waals surface area contributed by atoms with Gasteiger partial charge in [0.15, 0.2) is 0 Å². The Morgan fingerprint density at radius 3 is 1.23 bits per heavy atom. The largest absolute Gasteiger partial charge is 0.462 e. The third-order valence-corrected chi connectivity index (χ3v) is 8.73. The number of hydrogen-bond donors (Lipinski definition) is 0. The highest BCUT2D eigenvalue weighted by Crippen LogP contribution is 2.23. The summed E-state index contributed by atoms with van der Waals surface area (Å²) < 4.78 is 5.59. The van der Waals surface area contributed by atoms with Crippen molar-refractivity contribution >= 4 is 5.97 Å². The Balaban J connectivity index is 3.92. The Kier molecular flexibility index (Phi) is 27.8. The van der Waals surface area contributed by atoms with E-state index in [4.69, 9.17) is 4.74 Å².